The number of hydrogen-bond donors (Lipinski definition) is 1. The van der Waals surface area contributed by atoms with Crippen LogP contribution in [-0.4, -0.2) is 22.6 Å². The van der Waals surface area contributed by atoms with Crippen molar-refractivity contribution in [3.63, 3.8) is 0 Å². The predicted molar refractivity (Wildman–Crippen MR) is 112 cm³/mol. The van der Waals surface area contributed by atoms with Crippen molar-refractivity contribution in [2.45, 2.75) is 52.6 Å². The summed E-state index contributed by atoms with van der Waals surface area (Å²) in [6.45, 7) is 7.84. The molecule has 0 aromatic heterocycles. The van der Waals surface area contributed by atoms with Crippen LogP contribution in [0.5, 0.6) is 0 Å². The number of hydrogen-bond acceptors (Lipinski definition) is 3. The molecule has 1 aromatic rings. The van der Waals surface area contributed by atoms with Crippen LogP contribution in [-0.2, 0) is 4.74 Å². The van der Waals surface area contributed by atoms with Crippen LogP contribution >= 0.6 is 63.7 Å². The van der Waals surface area contributed by atoms with Crippen LogP contribution in [0.1, 0.15) is 67.7 Å². The van der Waals surface area contributed by atoms with E-state index in [1.165, 1.54) is 0 Å². The minimum atomic E-state index is -1.22. The zero-order valence-corrected chi connectivity index (χ0v) is 20.7. The third kappa shape index (κ3) is 5.30. The molecule has 0 bridgehead atoms. The summed E-state index contributed by atoms with van der Waals surface area (Å²) in [5.74, 6) is -1.75. The van der Waals surface area contributed by atoms with Gasteiger partial charge in [-0.1, -0.05) is 26.7 Å². The molecule has 0 saturated heterocycles. The van der Waals surface area contributed by atoms with Gasteiger partial charge >= 0.3 is 11.9 Å². The van der Waals surface area contributed by atoms with Gasteiger partial charge in [-0.05, 0) is 89.9 Å². The van der Waals surface area contributed by atoms with Crippen LogP contribution in [0.4, 0.5) is 0 Å². The van der Waals surface area contributed by atoms with Gasteiger partial charge in [-0.25, -0.2) is 9.59 Å². The second kappa shape index (κ2) is 9.33. The third-order valence-corrected chi connectivity index (χ3v) is 8.99. The molecule has 1 unspecified atom stereocenters. The fourth-order valence-corrected chi connectivity index (χ4v) is 4.72. The molecular weight excluding hydrogens is 588 g/mol. The second-order valence-corrected chi connectivity index (χ2v) is 9.52. The van der Waals surface area contributed by atoms with E-state index in [9.17, 15) is 14.7 Å². The first-order valence-corrected chi connectivity index (χ1v) is 10.9. The average Bonchev–Trinajstić information content (AvgIpc) is 2.52. The molecular formula is C17H20Br4O4. The first kappa shape index (κ1) is 23.1. The normalized spacial score (nSPS) is 12.8. The third-order valence-electron chi connectivity index (χ3n) is 4.22. The number of carboxylic acids is 1. The minimum absolute atomic E-state index is 0.0229. The summed E-state index contributed by atoms with van der Waals surface area (Å²) in [4.78, 5) is 24.5. The maximum atomic E-state index is 12.8. The van der Waals surface area contributed by atoms with E-state index in [4.69, 9.17) is 4.74 Å². The Kier molecular flexibility index (Phi) is 8.63. The molecule has 0 spiro atoms. The van der Waals surface area contributed by atoms with Crippen LogP contribution in [0.2, 0.25) is 0 Å². The van der Waals surface area contributed by atoms with E-state index >= 15 is 0 Å². The van der Waals surface area contributed by atoms with Crippen LogP contribution in [0.3, 0.4) is 0 Å². The molecule has 0 saturated carbocycles. The molecule has 0 amide bonds. The lowest BCUT2D eigenvalue weighted by Gasteiger charge is -2.32. The molecule has 140 valence electrons. The summed E-state index contributed by atoms with van der Waals surface area (Å²) in [5, 5.41) is 9.56. The summed E-state index contributed by atoms with van der Waals surface area (Å²) in [7, 11) is 0. The van der Waals surface area contributed by atoms with Gasteiger partial charge in [-0.2, -0.15) is 0 Å². The second-order valence-electron chi connectivity index (χ2n) is 6.35. The van der Waals surface area contributed by atoms with Gasteiger partial charge in [0.1, 0.15) is 5.60 Å². The topological polar surface area (TPSA) is 63.6 Å². The number of aromatic carboxylic acids is 1. The molecule has 0 aliphatic carbocycles. The van der Waals surface area contributed by atoms with E-state index in [2.05, 4.69) is 70.6 Å². The Bertz CT molecular complexity index is 686. The zero-order valence-electron chi connectivity index (χ0n) is 14.4. The van der Waals surface area contributed by atoms with E-state index in [0.717, 1.165) is 19.3 Å². The van der Waals surface area contributed by atoms with Crippen molar-refractivity contribution in [3.8, 4) is 0 Å². The van der Waals surface area contributed by atoms with Crippen LogP contribution in [0, 0.1) is 5.92 Å². The largest absolute Gasteiger partial charge is 0.478 e. The van der Waals surface area contributed by atoms with Gasteiger partial charge in [0.2, 0.25) is 0 Å². The Morgan fingerprint density at radius 2 is 1.52 bits per heavy atom. The van der Waals surface area contributed by atoms with Gasteiger partial charge in [-0.3, -0.25) is 0 Å². The SMILES string of the molecule is CCCCC(C)C(C)(C)OC(=O)c1c(Br)c(Br)c(Br)c(Br)c1C(=O)O. The molecule has 8 heteroatoms. The molecule has 1 rings (SSSR count). The van der Waals surface area contributed by atoms with Crippen LogP contribution in [0.25, 0.3) is 0 Å². The van der Waals surface area contributed by atoms with E-state index in [-0.39, 0.29) is 21.5 Å². The number of carbonyl (C=O) groups is 2. The van der Waals surface area contributed by atoms with Crippen molar-refractivity contribution in [3.05, 3.63) is 29.0 Å². The number of halogens is 4. The molecule has 0 fully saturated rings. The van der Waals surface area contributed by atoms with E-state index in [1.54, 1.807) is 0 Å². The molecule has 4 nitrogen and oxygen atoms in total. The van der Waals surface area contributed by atoms with Crippen molar-refractivity contribution in [2.24, 2.45) is 5.92 Å². The van der Waals surface area contributed by atoms with Gasteiger partial charge in [-0.15, -0.1) is 0 Å². The van der Waals surface area contributed by atoms with Gasteiger partial charge in [0.05, 0.1) is 11.1 Å². The highest BCUT2D eigenvalue weighted by molar-refractivity contribution is 9.15. The monoisotopic (exact) mass is 604 g/mol. The number of esters is 1. The van der Waals surface area contributed by atoms with Crippen LogP contribution in [0.15, 0.2) is 17.9 Å². The lowest BCUT2D eigenvalue weighted by atomic mass is 9.88. The quantitative estimate of drug-likeness (QED) is 0.202. The molecule has 0 heterocycles. The fraction of sp³-hybridized carbons (Fsp3) is 0.529. The maximum Gasteiger partial charge on any atom is 0.340 e. The Balaban J connectivity index is 3.32. The molecule has 0 radical (unpaired) electrons. The van der Waals surface area contributed by atoms with Crippen molar-refractivity contribution in [1.82, 2.24) is 0 Å². The molecule has 0 aliphatic rings. The van der Waals surface area contributed by atoms with Crippen molar-refractivity contribution < 1.29 is 19.4 Å². The van der Waals surface area contributed by atoms with Gasteiger partial charge in [0.15, 0.2) is 0 Å². The number of benzene rings is 1. The van der Waals surface area contributed by atoms with Crippen LogP contribution < -0.4 is 0 Å². The summed E-state index contributed by atoms with van der Waals surface area (Å²) in [6.07, 6.45) is 3.04. The number of ether oxygens (including phenoxy) is 1. The standard InChI is InChI=1S/C17H20Br4O4/c1-5-6-7-8(2)17(3,4)25-16(24)10-9(15(22)23)11(18)13(20)14(21)12(10)19/h8H,5-7H2,1-4H3,(H,22,23). The molecule has 1 aromatic carbocycles. The van der Waals surface area contributed by atoms with Crippen molar-refractivity contribution in [1.29, 1.82) is 0 Å². The van der Waals surface area contributed by atoms with E-state index in [1.807, 2.05) is 20.8 Å². The van der Waals surface area contributed by atoms with E-state index < -0.39 is 17.5 Å². The van der Waals surface area contributed by atoms with Gasteiger partial charge in [0, 0.05) is 17.9 Å². The number of rotatable bonds is 7. The Labute approximate surface area is 181 Å². The summed E-state index contributed by atoms with van der Waals surface area (Å²) in [6, 6.07) is 0. The summed E-state index contributed by atoms with van der Waals surface area (Å²) in [5.41, 5.74) is -0.887. The Morgan fingerprint density at radius 3 is 1.96 bits per heavy atom. The van der Waals surface area contributed by atoms with Gasteiger partial charge in [0.25, 0.3) is 0 Å². The van der Waals surface area contributed by atoms with Gasteiger partial charge < -0.3 is 9.84 Å². The fourth-order valence-electron chi connectivity index (χ4n) is 2.27. The first-order valence-electron chi connectivity index (χ1n) is 7.78. The van der Waals surface area contributed by atoms with Crippen molar-refractivity contribution in [2.75, 3.05) is 0 Å². The Hall–Kier alpha value is 0.0800. The zero-order chi connectivity index (χ0) is 19.5. The highest BCUT2D eigenvalue weighted by atomic mass is 79.9. The number of unbranched alkanes of at least 4 members (excludes halogenated alkanes) is 1. The highest BCUT2D eigenvalue weighted by Gasteiger charge is 2.34. The average molecular weight is 608 g/mol. The number of carbonyl (C=O) groups excluding carboxylic acids is 1. The highest BCUT2D eigenvalue weighted by Crippen LogP contribution is 2.43. The number of carboxylic acid groups (broad SMARTS) is 1. The van der Waals surface area contributed by atoms with Crippen molar-refractivity contribution >= 4 is 75.7 Å². The first-order chi connectivity index (χ1) is 11.5. The predicted octanol–water partition coefficient (Wildman–Crippen LogP) is 7.20. The molecule has 0 aliphatic heterocycles. The lowest BCUT2D eigenvalue weighted by Crippen LogP contribution is -2.36. The Morgan fingerprint density at radius 1 is 1.04 bits per heavy atom. The molecule has 1 atom stereocenters. The molecule has 25 heavy (non-hydrogen) atoms. The smallest absolute Gasteiger partial charge is 0.340 e. The summed E-state index contributed by atoms with van der Waals surface area (Å²) < 4.78 is 7.37. The van der Waals surface area contributed by atoms with E-state index in [0.29, 0.717) is 13.4 Å². The minimum Gasteiger partial charge on any atom is -0.478 e. The lowest BCUT2D eigenvalue weighted by molar-refractivity contribution is -0.0284. The molecule has 1 N–H and O–H groups in total. The summed E-state index contributed by atoms with van der Waals surface area (Å²) >= 11 is 13.2. The maximum absolute atomic E-state index is 12.8.